The molecule has 0 aromatic rings. The first-order valence-corrected chi connectivity index (χ1v) is 14.0. The quantitative estimate of drug-likeness (QED) is 0.102. The fourth-order valence-corrected chi connectivity index (χ4v) is 3.88. The Hall–Kier alpha value is -1.06. The summed E-state index contributed by atoms with van der Waals surface area (Å²) in [4.78, 5) is 23.5. The highest BCUT2D eigenvalue weighted by Crippen LogP contribution is 2.12. The van der Waals surface area contributed by atoms with E-state index in [0.29, 0.717) is 26.1 Å². The molecule has 0 aliphatic rings. The Morgan fingerprint density at radius 1 is 0.406 bits per heavy atom. The van der Waals surface area contributed by atoms with E-state index in [2.05, 4.69) is 13.8 Å². The summed E-state index contributed by atoms with van der Waals surface area (Å²) >= 11 is 0. The van der Waals surface area contributed by atoms with Crippen molar-refractivity contribution in [1.82, 2.24) is 0 Å². The highest BCUT2D eigenvalue weighted by Gasteiger charge is 2.05. The van der Waals surface area contributed by atoms with Gasteiger partial charge in [0.15, 0.2) is 0 Å². The van der Waals surface area contributed by atoms with E-state index in [1.165, 1.54) is 83.5 Å². The van der Waals surface area contributed by atoms with E-state index in [4.69, 9.17) is 9.47 Å². The number of rotatable bonds is 25. The van der Waals surface area contributed by atoms with Crippen LogP contribution in [0.3, 0.4) is 0 Å². The fraction of sp³-hybridized carbons (Fsp3) is 0.929. The molecule has 0 unspecified atom stereocenters. The number of ether oxygens (including phenoxy) is 2. The topological polar surface area (TPSA) is 52.6 Å². The first-order chi connectivity index (χ1) is 15.7. The molecule has 0 aliphatic carbocycles. The highest BCUT2D eigenvalue weighted by molar-refractivity contribution is 5.69. The summed E-state index contributed by atoms with van der Waals surface area (Å²) in [6.07, 6.45) is 24.9. The standard InChI is InChI=1S/C28H54O4/c1-3-5-7-9-11-12-13-14-15-17-22-26-32-28(30)24-20-18-19-23-27(29)31-25-21-16-10-8-6-4-2/h3-26H2,1-2H3. The Morgan fingerprint density at radius 3 is 1.03 bits per heavy atom. The molecule has 0 bridgehead atoms. The molecule has 0 rings (SSSR count). The lowest BCUT2D eigenvalue weighted by Crippen LogP contribution is -2.07. The number of carbonyl (C=O) groups excluding carboxylic acids is 2. The second-order valence-electron chi connectivity index (χ2n) is 9.30. The van der Waals surface area contributed by atoms with Crippen LogP contribution in [-0.2, 0) is 19.1 Å². The smallest absolute Gasteiger partial charge is 0.305 e. The van der Waals surface area contributed by atoms with E-state index in [1.807, 2.05) is 0 Å². The summed E-state index contributed by atoms with van der Waals surface area (Å²) in [7, 11) is 0. The van der Waals surface area contributed by atoms with Crippen LogP contribution in [0.4, 0.5) is 0 Å². The van der Waals surface area contributed by atoms with Crippen LogP contribution in [0.2, 0.25) is 0 Å². The summed E-state index contributed by atoms with van der Waals surface area (Å²) in [5.41, 5.74) is 0. The van der Waals surface area contributed by atoms with Crippen molar-refractivity contribution in [2.45, 2.75) is 155 Å². The molecule has 0 saturated heterocycles. The Balaban J connectivity index is 3.27. The number of hydrogen-bond donors (Lipinski definition) is 0. The lowest BCUT2D eigenvalue weighted by Gasteiger charge is -2.06. The van der Waals surface area contributed by atoms with Gasteiger partial charge in [0.2, 0.25) is 0 Å². The molecule has 4 nitrogen and oxygen atoms in total. The minimum Gasteiger partial charge on any atom is -0.466 e. The Morgan fingerprint density at radius 2 is 0.688 bits per heavy atom. The van der Waals surface area contributed by atoms with Gasteiger partial charge in [-0.15, -0.1) is 0 Å². The second kappa shape index (κ2) is 26.2. The number of carbonyl (C=O) groups is 2. The van der Waals surface area contributed by atoms with Crippen LogP contribution in [0.15, 0.2) is 0 Å². The first-order valence-electron chi connectivity index (χ1n) is 14.0. The van der Waals surface area contributed by atoms with Gasteiger partial charge >= 0.3 is 11.9 Å². The van der Waals surface area contributed by atoms with Gasteiger partial charge < -0.3 is 9.47 Å². The molecule has 0 N–H and O–H groups in total. The zero-order valence-electron chi connectivity index (χ0n) is 21.6. The second-order valence-corrected chi connectivity index (χ2v) is 9.30. The van der Waals surface area contributed by atoms with Crippen LogP contribution >= 0.6 is 0 Å². The molecule has 0 heterocycles. The normalized spacial score (nSPS) is 10.9. The van der Waals surface area contributed by atoms with E-state index in [1.54, 1.807) is 0 Å². The van der Waals surface area contributed by atoms with E-state index in [-0.39, 0.29) is 11.9 Å². The summed E-state index contributed by atoms with van der Waals surface area (Å²) in [6.45, 7) is 5.58. The van der Waals surface area contributed by atoms with Crippen molar-refractivity contribution in [3.63, 3.8) is 0 Å². The third kappa shape index (κ3) is 25.2. The highest BCUT2D eigenvalue weighted by atomic mass is 16.5. The zero-order chi connectivity index (χ0) is 23.5. The predicted molar refractivity (Wildman–Crippen MR) is 135 cm³/mol. The van der Waals surface area contributed by atoms with Crippen molar-refractivity contribution in [3.8, 4) is 0 Å². The van der Waals surface area contributed by atoms with Crippen molar-refractivity contribution in [2.24, 2.45) is 0 Å². The molecule has 0 aliphatic heterocycles. The molecule has 0 aromatic heterocycles. The average molecular weight is 455 g/mol. The lowest BCUT2D eigenvalue weighted by molar-refractivity contribution is -0.144. The van der Waals surface area contributed by atoms with Crippen molar-refractivity contribution in [2.75, 3.05) is 13.2 Å². The van der Waals surface area contributed by atoms with Gasteiger partial charge in [0, 0.05) is 12.8 Å². The van der Waals surface area contributed by atoms with Crippen LogP contribution in [0, 0.1) is 0 Å². The Kier molecular flexibility index (Phi) is 25.3. The zero-order valence-corrected chi connectivity index (χ0v) is 21.6. The van der Waals surface area contributed by atoms with Crippen LogP contribution in [0.1, 0.15) is 155 Å². The maximum absolute atomic E-state index is 11.8. The van der Waals surface area contributed by atoms with Crippen molar-refractivity contribution < 1.29 is 19.1 Å². The molecule has 0 fully saturated rings. The van der Waals surface area contributed by atoms with Gasteiger partial charge in [-0.25, -0.2) is 0 Å². The molecule has 4 heteroatoms. The summed E-state index contributed by atoms with van der Waals surface area (Å²) < 4.78 is 10.6. The van der Waals surface area contributed by atoms with Crippen LogP contribution in [-0.4, -0.2) is 25.2 Å². The molecule has 0 atom stereocenters. The maximum Gasteiger partial charge on any atom is 0.305 e. The summed E-state index contributed by atoms with van der Waals surface area (Å²) in [5, 5.41) is 0. The third-order valence-electron chi connectivity index (χ3n) is 6.03. The summed E-state index contributed by atoms with van der Waals surface area (Å²) in [6, 6.07) is 0. The van der Waals surface area contributed by atoms with E-state index in [9.17, 15) is 9.59 Å². The van der Waals surface area contributed by atoms with Crippen molar-refractivity contribution >= 4 is 11.9 Å². The average Bonchev–Trinajstić information content (AvgIpc) is 2.79. The predicted octanol–water partition coefficient (Wildman–Crippen LogP) is 8.69. The van der Waals surface area contributed by atoms with E-state index < -0.39 is 0 Å². The molecule has 0 amide bonds. The van der Waals surface area contributed by atoms with Gasteiger partial charge in [0.25, 0.3) is 0 Å². The van der Waals surface area contributed by atoms with Crippen molar-refractivity contribution in [1.29, 1.82) is 0 Å². The molecule has 0 saturated carbocycles. The van der Waals surface area contributed by atoms with Gasteiger partial charge in [-0.2, -0.15) is 0 Å². The monoisotopic (exact) mass is 454 g/mol. The number of esters is 2. The molecule has 32 heavy (non-hydrogen) atoms. The molecule has 190 valence electrons. The minimum absolute atomic E-state index is 0.0947. The van der Waals surface area contributed by atoms with E-state index >= 15 is 0 Å². The van der Waals surface area contributed by atoms with Crippen LogP contribution in [0.25, 0.3) is 0 Å². The van der Waals surface area contributed by atoms with Gasteiger partial charge in [-0.1, -0.05) is 117 Å². The fourth-order valence-electron chi connectivity index (χ4n) is 3.88. The molecule has 0 aromatic carbocycles. The SMILES string of the molecule is CCCCCCCCCCCCCOC(=O)CCCCCC(=O)OCCCCCCCC. The molecular weight excluding hydrogens is 400 g/mol. The van der Waals surface area contributed by atoms with Gasteiger partial charge in [0.05, 0.1) is 13.2 Å². The van der Waals surface area contributed by atoms with Gasteiger partial charge in [-0.3, -0.25) is 9.59 Å². The van der Waals surface area contributed by atoms with Gasteiger partial charge in [-0.05, 0) is 25.7 Å². The Bertz CT molecular complexity index is 408. The first kappa shape index (κ1) is 30.9. The number of unbranched alkanes of at least 4 members (excludes halogenated alkanes) is 17. The number of hydrogen-bond acceptors (Lipinski definition) is 4. The van der Waals surface area contributed by atoms with Crippen LogP contribution < -0.4 is 0 Å². The van der Waals surface area contributed by atoms with E-state index in [0.717, 1.165) is 44.9 Å². The largest absolute Gasteiger partial charge is 0.466 e. The Labute approximate surface area is 199 Å². The van der Waals surface area contributed by atoms with Gasteiger partial charge in [0.1, 0.15) is 0 Å². The molecule has 0 radical (unpaired) electrons. The minimum atomic E-state index is -0.0994. The van der Waals surface area contributed by atoms with Crippen LogP contribution in [0.5, 0.6) is 0 Å². The lowest BCUT2D eigenvalue weighted by atomic mass is 10.1. The molecule has 0 spiro atoms. The maximum atomic E-state index is 11.8. The third-order valence-corrected chi connectivity index (χ3v) is 6.03. The summed E-state index contributed by atoms with van der Waals surface area (Å²) in [5.74, 6) is -0.194. The molecular formula is C28H54O4. The van der Waals surface area contributed by atoms with Crippen molar-refractivity contribution in [3.05, 3.63) is 0 Å².